The highest BCUT2D eigenvalue weighted by Gasteiger charge is 2.40. The molecule has 0 spiro atoms. The molecule has 3 heteroatoms. The third-order valence-electron chi connectivity index (χ3n) is 1.46. The zero-order valence-electron chi connectivity index (χ0n) is 4.17. The standard InChI is InChI=1S/C4H10NO2/c6-3-5(4-7)1-2-5/h6-7H,1-4H2/q+1. The van der Waals surface area contributed by atoms with Crippen molar-refractivity contribution in [3.63, 3.8) is 0 Å². The molecule has 1 saturated heterocycles. The van der Waals surface area contributed by atoms with E-state index in [1.807, 2.05) is 0 Å². The maximum Gasteiger partial charge on any atom is 0.182 e. The highest BCUT2D eigenvalue weighted by molar-refractivity contribution is 4.47. The second kappa shape index (κ2) is 1.43. The van der Waals surface area contributed by atoms with Crippen molar-refractivity contribution < 1.29 is 14.7 Å². The number of quaternary nitrogens is 1. The van der Waals surface area contributed by atoms with Gasteiger partial charge in [-0.2, -0.15) is 0 Å². The number of aliphatic hydroxyl groups is 2. The van der Waals surface area contributed by atoms with Crippen LogP contribution in [0.1, 0.15) is 0 Å². The van der Waals surface area contributed by atoms with Crippen LogP contribution < -0.4 is 0 Å². The summed E-state index contributed by atoms with van der Waals surface area (Å²) in [6, 6.07) is 0. The third-order valence-corrected chi connectivity index (χ3v) is 1.46. The lowest BCUT2D eigenvalue weighted by Gasteiger charge is -2.08. The molecule has 0 saturated carbocycles. The normalized spacial score (nSPS) is 24.9. The summed E-state index contributed by atoms with van der Waals surface area (Å²) in [5, 5.41) is 16.9. The maximum absolute atomic E-state index is 8.47. The lowest BCUT2D eigenvalue weighted by Crippen LogP contribution is -2.27. The van der Waals surface area contributed by atoms with Gasteiger partial charge in [-0.15, -0.1) is 0 Å². The zero-order chi connectivity index (χ0) is 5.33. The molecule has 0 bridgehead atoms. The van der Waals surface area contributed by atoms with Crippen LogP contribution in [0, 0.1) is 0 Å². The SMILES string of the molecule is OC[N+]1(CO)CC1. The van der Waals surface area contributed by atoms with Crippen LogP contribution in [-0.2, 0) is 0 Å². The van der Waals surface area contributed by atoms with E-state index in [2.05, 4.69) is 0 Å². The van der Waals surface area contributed by atoms with E-state index in [0.717, 1.165) is 13.1 Å². The Hall–Kier alpha value is -0.120. The second-order valence-electron chi connectivity index (χ2n) is 2.07. The van der Waals surface area contributed by atoms with E-state index in [1.54, 1.807) is 0 Å². The molecule has 3 nitrogen and oxygen atoms in total. The first-order valence-corrected chi connectivity index (χ1v) is 2.40. The fourth-order valence-electron chi connectivity index (χ4n) is 0.469. The Morgan fingerprint density at radius 2 is 1.57 bits per heavy atom. The summed E-state index contributed by atoms with van der Waals surface area (Å²) < 4.78 is 0.500. The Balaban J connectivity index is 2.28. The molecule has 1 aliphatic rings. The number of rotatable bonds is 2. The van der Waals surface area contributed by atoms with E-state index in [-0.39, 0.29) is 13.5 Å². The van der Waals surface area contributed by atoms with Crippen molar-refractivity contribution in [3.8, 4) is 0 Å². The summed E-state index contributed by atoms with van der Waals surface area (Å²) in [6.07, 6.45) is 0. The van der Waals surface area contributed by atoms with Crippen LogP contribution in [0.5, 0.6) is 0 Å². The molecular formula is C4H10NO2+. The Labute approximate surface area is 42.4 Å². The number of aliphatic hydroxyl groups excluding tert-OH is 2. The van der Waals surface area contributed by atoms with Crippen LogP contribution in [0.3, 0.4) is 0 Å². The van der Waals surface area contributed by atoms with Crippen LogP contribution in [0.15, 0.2) is 0 Å². The van der Waals surface area contributed by atoms with Gasteiger partial charge >= 0.3 is 0 Å². The molecule has 0 atom stereocenters. The highest BCUT2D eigenvalue weighted by Crippen LogP contribution is 2.16. The lowest BCUT2D eigenvalue weighted by molar-refractivity contribution is -0.842. The molecule has 0 unspecified atom stereocenters. The molecule has 0 aliphatic carbocycles. The zero-order valence-corrected chi connectivity index (χ0v) is 4.17. The van der Waals surface area contributed by atoms with Crippen LogP contribution in [0.2, 0.25) is 0 Å². The minimum atomic E-state index is 0.0938. The Morgan fingerprint density at radius 3 is 1.57 bits per heavy atom. The van der Waals surface area contributed by atoms with Gasteiger partial charge in [0, 0.05) is 0 Å². The monoisotopic (exact) mass is 104 g/mol. The Kier molecular flexibility index (Phi) is 1.03. The van der Waals surface area contributed by atoms with E-state index in [1.165, 1.54) is 0 Å². The van der Waals surface area contributed by atoms with Gasteiger partial charge in [0.15, 0.2) is 13.5 Å². The molecule has 7 heavy (non-hydrogen) atoms. The van der Waals surface area contributed by atoms with E-state index in [4.69, 9.17) is 10.2 Å². The first kappa shape index (κ1) is 5.03. The summed E-state index contributed by atoms with van der Waals surface area (Å²) >= 11 is 0. The summed E-state index contributed by atoms with van der Waals surface area (Å²) in [4.78, 5) is 0. The average Bonchev–Trinajstić information content (AvgIpc) is 2.46. The second-order valence-corrected chi connectivity index (χ2v) is 2.07. The molecular weight excluding hydrogens is 94.0 g/mol. The van der Waals surface area contributed by atoms with Crippen LogP contribution in [0.25, 0.3) is 0 Å². The first-order valence-electron chi connectivity index (χ1n) is 2.40. The van der Waals surface area contributed by atoms with Crippen molar-refractivity contribution >= 4 is 0 Å². The van der Waals surface area contributed by atoms with Gasteiger partial charge in [-0.25, -0.2) is 0 Å². The van der Waals surface area contributed by atoms with Crippen molar-refractivity contribution in [2.45, 2.75) is 0 Å². The molecule has 0 amide bonds. The molecule has 1 heterocycles. The van der Waals surface area contributed by atoms with Crippen molar-refractivity contribution in [3.05, 3.63) is 0 Å². The molecule has 1 rings (SSSR count). The highest BCUT2D eigenvalue weighted by atomic mass is 16.3. The first-order chi connectivity index (χ1) is 3.33. The van der Waals surface area contributed by atoms with Gasteiger partial charge in [0.05, 0.1) is 0 Å². The van der Waals surface area contributed by atoms with Gasteiger partial charge in [-0.05, 0) is 0 Å². The predicted octanol–water partition coefficient (Wildman–Crippen LogP) is -1.28. The number of nitrogens with zero attached hydrogens (tertiary/aromatic N) is 1. The van der Waals surface area contributed by atoms with Crippen LogP contribution in [-0.4, -0.2) is 41.2 Å². The van der Waals surface area contributed by atoms with Gasteiger partial charge in [-0.3, -0.25) is 4.48 Å². The summed E-state index contributed by atoms with van der Waals surface area (Å²) in [7, 11) is 0. The van der Waals surface area contributed by atoms with Gasteiger partial charge in [0.2, 0.25) is 0 Å². The van der Waals surface area contributed by atoms with E-state index >= 15 is 0 Å². The smallest absolute Gasteiger partial charge is 0.182 e. The van der Waals surface area contributed by atoms with Gasteiger partial charge in [0.1, 0.15) is 13.1 Å². The van der Waals surface area contributed by atoms with Gasteiger partial charge in [0.25, 0.3) is 0 Å². The van der Waals surface area contributed by atoms with Gasteiger partial charge in [-0.1, -0.05) is 0 Å². The van der Waals surface area contributed by atoms with Crippen molar-refractivity contribution in [1.82, 2.24) is 0 Å². The summed E-state index contributed by atoms with van der Waals surface area (Å²) in [5.74, 6) is 0. The molecule has 1 fully saturated rings. The summed E-state index contributed by atoms with van der Waals surface area (Å²) in [6.45, 7) is 2.06. The fourth-order valence-corrected chi connectivity index (χ4v) is 0.469. The van der Waals surface area contributed by atoms with Crippen molar-refractivity contribution in [1.29, 1.82) is 0 Å². The van der Waals surface area contributed by atoms with Crippen LogP contribution in [0.4, 0.5) is 0 Å². The minimum absolute atomic E-state index is 0.0938. The fraction of sp³-hybridized carbons (Fsp3) is 1.00. The van der Waals surface area contributed by atoms with E-state index in [0.29, 0.717) is 4.48 Å². The minimum Gasteiger partial charge on any atom is -0.347 e. The van der Waals surface area contributed by atoms with Crippen LogP contribution >= 0.6 is 0 Å². The summed E-state index contributed by atoms with van der Waals surface area (Å²) in [5.41, 5.74) is 0. The topological polar surface area (TPSA) is 40.5 Å². The molecule has 0 aromatic carbocycles. The Bertz CT molecular complexity index is 64.1. The molecule has 0 aromatic rings. The number of hydrogen-bond acceptors (Lipinski definition) is 2. The van der Waals surface area contributed by atoms with E-state index in [9.17, 15) is 0 Å². The quantitative estimate of drug-likeness (QED) is 0.338. The molecule has 0 radical (unpaired) electrons. The number of hydrogen-bond donors (Lipinski definition) is 2. The molecule has 42 valence electrons. The van der Waals surface area contributed by atoms with Crippen molar-refractivity contribution in [2.24, 2.45) is 0 Å². The average molecular weight is 104 g/mol. The van der Waals surface area contributed by atoms with Gasteiger partial charge < -0.3 is 10.2 Å². The third kappa shape index (κ3) is 0.748. The van der Waals surface area contributed by atoms with E-state index < -0.39 is 0 Å². The lowest BCUT2D eigenvalue weighted by atomic mass is 10.9. The molecule has 1 aliphatic heterocycles. The Morgan fingerprint density at radius 1 is 1.14 bits per heavy atom. The molecule has 2 N–H and O–H groups in total. The van der Waals surface area contributed by atoms with Crippen molar-refractivity contribution in [2.75, 3.05) is 26.6 Å². The predicted molar refractivity (Wildman–Crippen MR) is 24.2 cm³/mol. The largest absolute Gasteiger partial charge is 0.347 e. The maximum atomic E-state index is 8.47. The molecule has 0 aromatic heterocycles.